The fourth-order valence-electron chi connectivity index (χ4n) is 3.29. The second kappa shape index (κ2) is 8.90. The van der Waals surface area contributed by atoms with Crippen LogP contribution < -0.4 is 5.32 Å². The summed E-state index contributed by atoms with van der Waals surface area (Å²) in [6, 6.07) is 6.29. The van der Waals surface area contributed by atoms with Crippen molar-refractivity contribution in [2.75, 3.05) is 38.6 Å². The first-order valence-corrected chi connectivity index (χ1v) is 9.25. The molecule has 3 rings (SSSR count). The van der Waals surface area contributed by atoms with Crippen molar-refractivity contribution >= 4 is 11.8 Å². The van der Waals surface area contributed by atoms with Crippen LogP contribution in [-0.4, -0.2) is 54.1 Å². The highest BCUT2D eigenvalue weighted by atomic mass is 19.1. The Morgan fingerprint density at radius 1 is 1.30 bits per heavy atom. The number of carbonyl (C=O) groups excluding carboxylic acids is 1. The van der Waals surface area contributed by atoms with Gasteiger partial charge in [0.25, 0.3) is 0 Å². The van der Waals surface area contributed by atoms with Gasteiger partial charge in [-0.05, 0) is 43.6 Å². The lowest BCUT2D eigenvalue weighted by atomic mass is 9.97. The fraction of sp³-hybridized carbons (Fsp3) is 0.450. The minimum absolute atomic E-state index is 0.156. The molecule has 0 aliphatic carbocycles. The van der Waals surface area contributed by atoms with Crippen molar-refractivity contribution in [1.82, 2.24) is 14.9 Å². The number of carbonyl (C=O) groups is 1. The standard InChI is InChI=1S/C20H25FN4O2/c1-14(15-5-7-16(21)8-6-15)18-19(22-9-12-25-10-3-4-11-25)23-13-17(24-18)20(26)27-2/h5-8,13-14H,3-4,9-12H2,1-2H3,(H,22,23). The number of rotatable bonds is 7. The van der Waals surface area contributed by atoms with E-state index in [1.54, 1.807) is 12.1 Å². The summed E-state index contributed by atoms with van der Waals surface area (Å²) in [6.07, 6.45) is 3.92. The molecular formula is C20H25FN4O2. The first-order chi connectivity index (χ1) is 13.1. The zero-order valence-corrected chi connectivity index (χ0v) is 15.7. The molecule has 0 radical (unpaired) electrons. The van der Waals surface area contributed by atoms with Gasteiger partial charge in [0, 0.05) is 19.0 Å². The van der Waals surface area contributed by atoms with Crippen LogP contribution in [0.2, 0.25) is 0 Å². The summed E-state index contributed by atoms with van der Waals surface area (Å²) in [5.41, 5.74) is 1.70. The maximum absolute atomic E-state index is 13.3. The number of halogens is 1. The normalized spacial score (nSPS) is 15.5. The molecule has 1 atom stereocenters. The van der Waals surface area contributed by atoms with E-state index in [4.69, 9.17) is 4.74 Å². The van der Waals surface area contributed by atoms with Crippen molar-refractivity contribution in [3.8, 4) is 0 Å². The minimum Gasteiger partial charge on any atom is -0.464 e. The van der Waals surface area contributed by atoms with Crippen molar-refractivity contribution in [2.45, 2.75) is 25.7 Å². The first kappa shape index (κ1) is 19.2. The van der Waals surface area contributed by atoms with Gasteiger partial charge in [0.15, 0.2) is 5.69 Å². The predicted octanol–water partition coefficient (Wildman–Crippen LogP) is 3.06. The zero-order valence-electron chi connectivity index (χ0n) is 15.7. The van der Waals surface area contributed by atoms with Gasteiger partial charge in [0.2, 0.25) is 0 Å². The van der Waals surface area contributed by atoms with E-state index in [1.807, 2.05) is 6.92 Å². The largest absolute Gasteiger partial charge is 0.464 e. The van der Waals surface area contributed by atoms with Crippen molar-refractivity contribution in [2.24, 2.45) is 0 Å². The SMILES string of the molecule is COC(=O)c1cnc(NCCN2CCCC2)c(C(C)c2ccc(F)cc2)n1. The van der Waals surface area contributed by atoms with Gasteiger partial charge in [-0.3, -0.25) is 0 Å². The molecule has 1 unspecified atom stereocenters. The van der Waals surface area contributed by atoms with Crippen LogP contribution in [0.25, 0.3) is 0 Å². The topological polar surface area (TPSA) is 67.3 Å². The monoisotopic (exact) mass is 372 g/mol. The Balaban J connectivity index is 1.82. The molecule has 0 saturated carbocycles. The maximum Gasteiger partial charge on any atom is 0.358 e. The van der Waals surface area contributed by atoms with Gasteiger partial charge in [-0.15, -0.1) is 0 Å². The smallest absolute Gasteiger partial charge is 0.358 e. The maximum atomic E-state index is 13.3. The van der Waals surface area contributed by atoms with E-state index in [0.29, 0.717) is 11.5 Å². The Hall–Kier alpha value is -2.54. The lowest BCUT2D eigenvalue weighted by Gasteiger charge is -2.19. The number of anilines is 1. The van der Waals surface area contributed by atoms with Crippen LogP contribution in [-0.2, 0) is 4.74 Å². The van der Waals surface area contributed by atoms with E-state index in [1.165, 1.54) is 38.3 Å². The lowest BCUT2D eigenvalue weighted by molar-refractivity contribution is 0.0593. The summed E-state index contributed by atoms with van der Waals surface area (Å²) >= 11 is 0. The van der Waals surface area contributed by atoms with Crippen LogP contribution >= 0.6 is 0 Å². The number of likely N-dealkylation sites (tertiary alicyclic amines) is 1. The summed E-state index contributed by atoms with van der Waals surface area (Å²) in [4.78, 5) is 23.2. The minimum atomic E-state index is -0.529. The second-order valence-electron chi connectivity index (χ2n) is 6.73. The predicted molar refractivity (Wildman–Crippen MR) is 101 cm³/mol. The van der Waals surface area contributed by atoms with Crippen molar-refractivity contribution in [3.05, 3.63) is 53.2 Å². The van der Waals surface area contributed by atoms with Gasteiger partial charge in [0.05, 0.1) is 19.0 Å². The summed E-state index contributed by atoms with van der Waals surface area (Å²) < 4.78 is 18.0. The van der Waals surface area contributed by atoms with E-state index < -0.39 is 5.97 Å². The van der Waals surface area contributed by atoms with Gasteiger partial charge in [0.1, 0.15) is 11.6 Å². The second-order valence-corrected chi connectivity index (χ2v) is 6.73. The molecular weight excluding hydrogens is 347 g/mol. The number of aromatic nitrogens is 2. The zero-order chi connectivity index (χ0) is 19.2. The lowest BCUT2D eigenvalue weighted by Crippen LogP contribution is -2.26. The summed E-state index contributed by atoms with van der Waals surface area (Å²) in [7, 11) is 1.31. The van der Waals surface area contributed by atoms with Gasteiger partial charge < -0.3 is 15.0 Å². The van der Waals surface area contributed by atoms with Gasteiger partial charge in [-0.25, -0.2) is 19.2 Å². The first-order valence-electron chi connectivity index (χ1n) is 9.25. The number of esters is 1. The van der Waals surface area contributed by atoms with E-state index in [-0.39, 0.29) is 17.4 Å². The fourth-order valence-corrected chi connectivity index (χ4v) is 3.29. The third-order valence-electron chi connectivity index (χ3n) is 4.89. The van der Waals surface area contributed by atoms with E-state index in [2.05, 4.69) is 20.2 Å². The molecule has 1 aliphatic heterocycles. The highest BCUT2D eigenvalue weighted by Gasteiger charge is 2.20. The van der Waals surface area contributed by atoms with E-state index in [0.717, 1.165) is 31.7 Å². The number of benzene rings is 1. The average Bonchev–Trinajstić information content (AvgIpc) is 3.21. The van der Waals surface area contributed by atoms with Gasteiger partial charge >= 0.3 is 5.97 Å². The number of nitrogens with one attached hydrogen (secondary N) is 1. The van der Waals surface area contributed by atoms with Gasteiger partial charge in [-0.1, -0.05) is 19.1 Å². The molecule has 1 N–H and O–H groups in total. The average molecular weight is 372 g/mol. The molecule has 144 valence electrons. The summed E-state index contributed by atoms with van der Waals surface area (Å²) in [6.45, 7) is 5.91. The van der Waals surface area contributed by atoms with Crippen LogP contribution in [0, 0.1) is 5.82 Å². The Morgan fingerprint density at radius 3 is 2.67 bits per heavy atom. The van der Waals surface area contributed by atoms with E-state index in [9.17, 15) is 9.18 Å². The molecule has 2 heterocycles. The van der Waals surface area contributed by atoms with Crippen molar-refractivity contribution < 1.29 is 13.9 Å². The molecule has 1 aliphatic rings. The molecule has 0 amide bonds. The van der Waals surface area contributed by atoms with E-state index >= 15 is 0 Å². The molecule has 1 aromatic heterocycles. The van der Waals surface area contributed by atoms with Crippen LogP contribution in [0.1, 0.15) is 47.4 Å². The molecule has 1 fully saturated rings. The number of nitrogens with zero attached hydrogens (tertiary/aromatic N) is 3. The molecule has 0 spiro atoms. The van der Waals surface area contributed by atoms with Crippen LogP contribution in [0.4, 0.5) is 10.2 Å². The van der Waals surface area contributed by atoms with Crippen molar-refractivity contribution in [3.63, 3.8) is 0 Å². The molecule has 2 aromatic rings. The third kappa shape index (κ3) is 4.80. The van der Waals surface area contributed by atoms with Crippen molar-refractivity contribution in [1.29, 1.82) is 0 Å². The quantitative estimate of drug-likeness (QED) is 0.754. The van der Waals surface area contributed by atoms with Crippen LogP contribution in [0.3, 0.4) is 0 Å². The number of methoxy groups -OCH3 is 1. The Bertz CT molecular complexity index is 776. The van der Waals surface area contributed by atoms with Gasteiger partial charge in [-0.2, -0.15) is 0 Å². The third-order valence-corrected chi connectivity index (χ3v) is 4.89. The number of hydrogen-bond donors (Lipinski definition) is 1. The van der Waals surface area contributed by atoms with Crippen LogP contribution in [0.5, 0.6) is 0 Å². The molecule has 1 aromatic carbocycles. The molecule has 27 heavy (non-hydrogen) atoms. The Labute approximate surface area is 158 Å². The molecule has 6 nitrogen and oxygen atoms in total. The summed E-state index contributed by atoms with van der Waals surface area (Å²) in [5.74, 6) is -0.335. The number of hydrogen-bond acceptors (Lipinski definition) is 6. The Kier molecular flexibility index (Phi) is 6.34. The van der Waals surface area contributed by atoms with Crippen LogP contribution in [0.15, 0.2) is 30.5 Å². The highest BCUT2D eigenvalue weighted by molar-refractivity contribution is 5.87. The molecule has 7 heteroatoms. The molecule has 0 bridgehead atoms. The number of ether oxygens (including phenoxy) is 1. The Morgan fingerprint density at radius 2 is 2.00 bits per heavy atom. The summed E-state index contributed by atoms with van der Waals surface area (Å²) in [5, 5.41) is 3.34. The molecule has 1 saturated heterocycles. The highest BCUT2D eigenvalue weighted by Crippen LogP contribution is 2.27.